The van der Waals surface area contributed by atoms with Crippen LogP contribution in [0.3, 0.4) is 0 Å². The Labute approximate surface area is 215 Å². The lowest BCUT2D eigenvalue weighted by Gasteiger charge is -2.08. The van der Waals surface area contributed by atoms with Crippen molar-refractivity contribution in [1.29, 1.82) is 0 Å². The van der Waals surface area contributed by atoms with Gasteiger partial charge in [0, 0.05) is 30.3 Å². The van der Waals surface area contributed by atoms with E-state index in [1.54, 1.807) is 24.3 Å². The van der Waals surface area contributed by atoms with Gasteiger partial charge >= 0.3 is 0 Å². The molecule has 2 aromatic heterocycles. The number of ether oxygens (including phenoxy) is 2. The number of benzene rings is 3. The predicted molar refractivity (Wildman–Crippen MR) is 135 cm³/mol. The highest BCUT2D eigenvalue weighted by molar-refractivity contribution is 5.84. The summed E-state index contributed by atoms with van der Waals surface area (Å²) in [7, 11) is 0. The molecule has 3 N–H and O–H groups in total. The minimum atomic E-state index is -0.787. The Hall–Kier alpha value is -4.41. The van der Waals surface area contributed by atoms with E-state index >= 15 is 8.78 Å². The van der Waals surface area contributed by atoms with E-state index in [-0.39, 0.29) is 53.9 Å². The lowest BCUT2D eigenvalue weighted by Crippen LogP contribution is -2.17. The van der Waals surface area contributed by atoms with Crippen molar-refractivity contribution in [2.75, 3.05) is 13.2 Å². The van der Waals surface area contributed by atoms with Crippen LogP contribution in [0.1, 0.15) is 6.42 Å². The topological polar surface area (TPSA) is 113 Å². The first kappa shape index (κ1) is 24.0. The van der Waals surface area contributed by atoms with E-state index in [1.165, 1.54) is 18.3 Å². The van der Waals surface area contributed by atoms with Crippen molar-refractivity contribution in [3.8, 4) is 45.5 Å². The second kappa shape index (κ2) is 9.81. The summed E-state index contributed by atoms with van der Waals surface area (Å²) in [5.41, 5.74) is 2.85. The number of aliphatic hydroxyl groups excluding tert-OH is 1. The molecule has 0 amide bonds. The van der Waals surface area contributed by atoms with Crippen molar-refractivity contribution in [2.24, 2.45) is 0 Å². The highest BCUT2D eigenvalue weighted by Crippen LogP contribution is 2.34. The molecule has 0 bridgehead atoms. The Morgan fingerprint density at radius 2 is 1.63 bits per heavy atom. The Morgan fingerprint density at radius 1 is 0.947 bits per heavy atom. The number of aromatic hydroxyl groups is 1. The molecule has 1 aliphatic heterocycles. The first-order valence-corrected chi connectivity index (χ1v) is 12.0. The number of fused-ring (bicyclic) bond motifs is 1. The third-order valence-electron chi connectivity index (χ3n) is 6.46. The van der Waals surface area contributed by atoms with Gasteiger partial charge in [0.25, 0.3) is 6.01 Å². The maximum Gasteiger partial charge on any atom is 0.295 e. The molecule has 8 nitrogen and oxygen atoms in total. The van der Waals surface area contributed by atoms with Gasteiger partial charge in [-0.3, -0.25) is 0 Å². The fourth-order valence-corrected chi connectivity index (χ4v) is 4.55. The van der Waals surface area contributed by atoms with Crippen molar-refractivity contribution < 1.29 is 28.5 Å². The Kier molecular flexibility index (Phi) is 6.18. The molecule has 1 saturated heterocycles. The molecule has 1 unspecified atom stereocenters. The standard InChI is InChI=1S/C28H22F2N4O4/c29-21-12-22-26(34-28(32-22)38-20-11-19(13-35)37-14-20)25(30)24(21)17-5-1-15(2-6-17)16-3-7-18(8-4-16)27-31-10-9-23(36)33-27/h1-10,12,19-20,35H,11,13-14H2,(H,32,34)(H,31,33,36)/t19-,20?/m0/s1. The summed E-state index contributed by atoms with van der Waals surface area (Å²) in [4.78, 5) is 15.2. The second-order valence-corrected chi connectivity index (χ2v) is 8.99. The van der Waals surface area contributed by atoms with Crippen LogP contribution in [0.5, 0.6) is 11.9 Å². The van der Waals surface area contributed by atoms with Gasteiger partial charge in [0.15, 0.2) is 11.6 Å². The lowest BCUT2D eigenvalue weighted by molar-refractivity contribution is 0.0528. The smallest absolute Gasteiger partial charge is 0.295 e. The summed E-state index contributed by atoms with van der Waals surface area (Å²) in [6, 6.07) is 17.0. The van der Waals surface area contributed by atoms with Gasteiger partial charge in [-0.1, -0.05) is 48.5 Å². The van der Waals surface area contributed by atoms with Crippen molar-refractivity contribution in [3.63, 3.8) is 0 Å². The molecular weight excluding hydrogens is 494 g/mol. The van der Waals surface area contributed by atoms with Crippen LogP contribution in [-0.2, 0) is 4.74 Å². The molecule has 2 atom stereocenters. The summed E-state index contributed by atoms with van der Waals surface area (Å²) in [5.74, 6) is -1.21. The maximum absolute atomic E-state index is 15.5. The molecule has 0 saturated carbocycles. The fourth-order valence-electron chi connectivity index (χ4n) is 4.55. The van der Waals surface area contributed by atoms with Crippen LogP contribution in [0, 0.1) is 11.6 Å². The van der Waals surface area contributed by atoms with E-state index < -0.39 is 11.6 Å². The predicted octanol–water partition coefficient (Wildman–Crippen LogP) is 4.87. The first-order valence-electron chi connectivity index (χ1n) is 12.0. The van der Waals surface area contributed by atoms with E-state index in [1.807, 2.05) is 24.3 Å². The highest BCUT2D eigenvalue weighted by Gasteiger charge is 2.28. The van der Waals surface area contributed by atoms with Gasteiger partial charge in [0.2, 0.25) is 5.88 Å². The van der Waals surface area contributed by atoms with Crippen LogP contribution in [0.25, 0.3) is 44.7 Å². The number of rotatable bonds is 6. The van der Waals surface area contributed by atoms with Crippen LogP contribution in [0.15, 0.2) is 66.9 Å². The average Bonchev–Trinajstić information content (AvgIpc) is 3.56. The number of nitrogens with zero attached hydrogens (tertiary/aromatic N) is 3. The summed E-state index contributed by atoms with van der Waals surface area (Å²) < 4.78 is 41.6. The molecule has 3 heterocycles. The highest BCUT2D eigenvalue weighted by atomic mass is 19.1. The maximum atomic E-state index is 15.5. The van der Waals surface area contributed by atoms with Crippen molar-refractivity contribution in [3.05, 3.63) is 78.5 Å². The molecule has 1 fully saturated rings. The van der Waals surface area contributed by atoms with Crippen LogP contribution in [0.2, 0.25) is 0 Å². The van der Waals surface area contributed by atoms with Gasteiger partial charge in [-0.05, 0) is 16.7 Å². The first-order chi connectivity index (χ1) is 18.5. The number of hydrogen-bond acceptors (Lipinski definition) is 7. The van der Waals surface area contributed by atoms with Crippen LogP contribution >= 0.6 is 0 Å². The quantitative estimate of drug-likeness (QED) is 0.295. The van der Waals surface area contributed by atoms with E-state index in [9.17, 15) is 10.2 Å². The Morgan fingerprint density at radius 3 is 2.29 bits per heavy atom. The van der Waals surface area contributed by atoms with Gasteiger partial charge in [-0.25, -0.2) is 13.8 Å². The molecule has 1 aliphatic rings. The SMILES string of the molecule is OC[C@@H]1CC(Oc2nc3c(F)c(-c4ccc(-c5ccc(-c6nccc(O)n6)cc5)cc4)c(F)cc3[nH]2)CO1. The van der Waals surface area contributed by atoms with Gasteiger partial charge in [-0.15, -0.1) is 0 Å². The summed E-state index contributed by atoms with van der Waals surface area (Å²) >= 11 is 0. The fraction of sp³-hybridized carbons (Fsp3) is 0.179. The lowest BCUT2D eigenvalue weighted by atomic mass is 9.98. The van der Waals surface area contributed by atoms with Crippen molar-refractivity contribution in [2.45, 2.75) is 18.6 Å². The number of H-pyrrole nitrogens is 1. The molecule has 38 heavy (non-hydrogen) atoms. The van der Waals surface area contributed by atoms with Gasteiger partial charge in [0.05, 0.1) is 30.4 Å². The molecule has 3 aromatic carbocycles. The molecule has 5 aromatic rings. The van der Waals surface area contributed by atoms with Gasteiger partial charge in [-0.2, -0.15) is 9.97 Å². The van der Waals surface area contributed by atoms with Crippen LogP contribution in [-0.4, -0.2) is 55.6 Å². The van der Waals surface area contributed by atoms with Crippen LogP contribution < -0.4 is 4.74 Å². The Bertz CT molecular complexity index is 1610. The number of aromatic amines is 1. The Balaban J connectivity index is 1.24. The molecule has 192 valence electrons. The van der Waals surface area contributed by atoms with E-state index in [0.717, 1.165) is 16.7 Å². The molecule has 0 radical (unpaired) electrons. The monoisotopic (exact) mass is 516 g/mol. The summed E-state index contributed by atoms with van der Waals surface area (Å²) in [6.07, 6.45) is 1.32. The van der Waals surface area contributed by atoms with E-state index in [2.05, 4.69) is 19.9 Å². The van der Waals surface area contributed by atoms with E-state index in [4.69, 9.17) is 9.47 Å². The number of imidazole rings is 1. The molecule has 10 heteroatoms. The molecule has 0 spiro atoms. The zero-order valence-corrected chi connectivity index (χ0v) is 19.9. The van der Waals surface area contributed by atoms with E-state index in [0.29, 0.717) is 17.8 Å². The van der Waals surface area contributed by atoms with Crippen molar-refractivity contribution in [1.82, 2.24) is 19.9 Å². The second-order valence-electron chi connectivity index (χ2n) is 8.99. The number of nitrogens with one attached hydrogen (secondary N) is 1. The summed E-state index contributed by atoms with van der Waals surface area (Å²) in [5, 5.41) is 18.8. The molecule has 6 rings (SSSR count). The molecule has 0 aliphatic carbocycles. The number of hydrogen-bond donors (Lipinski definition) is 3. The third-order valence-corrected chi connectivity index (χ3v) is 6.46. The largest absolute Gasteiger partial charge is 0.493 e. The minimum absolute atomic E-state index is 0.0251. The normalized spacial score (nSPS) is 17.2. The van der Waals surface area contributed by atoms with Gasteiger partial charge < -0.3 is 24.7 Å². The average molecular weight is 517 g/mol. The zero-order valence-electron chi connectivity index (χ0n) is 19.9. The minimum Gasteiger partial charge on any atom is -0.493 e. The molecular formula is C28H22F2N4O4. The van der Waals surface area contributed by atoms with Crippen LogP contribution in [0.4, 0.5) is 8.78 Å². The number of halogens is 2. The summed E-state index contributed by atoms with van der Waals surface area (Å²) in [6.45, 7) is 0.171. The number of aromatic nitrogens is 4. The zero-order chi connectivity index (χ0) is 26.2. The van der Waals surface area contributed by atoms with Crippen molar-refractivity contribution >= 4 is 11.0 Å². The van der Waals surface area contributed by atoms with Gasteiger partial charge in [0.1, 0.15) is 17.4 Å². The third kappa shape index (κ3) is 4.55. The number of aliphatic hydroxyl groups is 1.